The number of rotatable bonds is 7. The molecule has 29 heavy (non-hydrogen) atoms. The fourth-order valence-electron chi connectivity index (χ4n) is 2.14. The topological polar surface area (TPSA) is 108 Å². The second-order valence-electron chi connectivity index (χ2n) is 5.78. The number of nitrogens with zero attached hydrogens (tertiary/aromatic N) is 1. The first-order chi connectivity index (χ1) is 13.6. The van der Waals surface area contributed by atoms with Crippen LogP contribution in [0.15, 0.2) is 42.5 Å². The molecule has 2 rings (SSSR count). The fourth-order valence-corrected chi connectivity index (χ4v) is 2.14. The molecular weight excluding hydrogens is 397 g/mol. The third-order valence-corrected chi connectivity index (χ3v) is 3.59. The third kappa shape index (κ3) is 6.48. The highest BCUT2D eigenvalue weighted by molar-refractivity contribution is 5.93. The van der Waals surface area contributed by atoms with Crippen molar-refractivity contribution in [2.75, 3.05) is 18.5 Å². The number of nitro benzene ring substituents is 1. The van der Waals surface area contributed by atoms with E-state index < -0.39 is 41.8 Å². The molecule has 0 spiro atoms. The van der Waals surface area contributed by atoms with Crippen LogP contribution in [-0.2, 0) is 20.5 Å². The van der Waals surface area contributed by atoms with Gasteiger partial charge in [-0.2, -0.15) is 13.2 Å². The largest absolute Gasteiger partial charge is 0.482 e. The summed E-state index contributed by atoms with van der Waals surface area (Å²) in [6.07, 6.45) is -4.55. The summed E-state index contributed by atoms with van der Waals surface area (Å²) < 4.78 is 47.5. The number of amides is 1. The summed E-state index contributed by atoms with van der Waals surface area (Å²) in [5.41, 5.74) is -0.420. The summed E-state index contributed by atoms with van der Waals surface area (Å²) in [7, 11) is 0. The zero-order chi connectivity index (χ0) is 21.6. The Bertz CT molecular complexity index is 930. The van der Waals surface area contributed by atoms with E-state index in [0.29, 0.717) is 5.56 Å². The molecule has 0 aliphatic carbocycles. The van der Waals surface area contributed by atoms with Crippen molar-refractivity contribution in [2.45, 2.75) is 13.1 Å². The zero-order valence-corrected chi connectivity index (χ0v) is 15.0. The zero-order valence-electron chi connectivity index (χ0n) is 15.0. The van der Waals surface area contributed by atoms with Gasteiger partial charge in [-0.1, -0.05) is 12.1 Å². The molecule has 0 radical (unpaired) electrons. The first kappa shape index (κ1) is 21.7. The van der Waals surface area contributed by atoms with Gasteiger partial charge in [-0.25, -0.2) is 4.79 Å². The second-order valence-corrected chi connectivity index (χ2v) is 5.78. The summed E-state index contributed by atoms with van der Waals surface area (Å²) in [5, 5.41) is 13.1. The molecule has 0 saturated carbocycles. The number of aryl methyl sites for hydroxylation is 1. The Morgan fingerprint density at radius 2 is 1.86 bits per heavy atom. The van der Waals surface area contributed by atoms with Crippen molar-refractivity contribution in [2.24, 2.45) is 0 Å². The Hall–Kier alpha value is -3.63. The molecule has 0 heterocycles. The lowest BCUT2D eigenvalue weighted by Crippen LogP contribution is -2.24. The number of carbonyl (C=O) groups excluding carboxylic acids is 2. The van der Waals surface area contributed by atoms with Crippen LogP contribution >= 0.6 is 0 Å². The summed E-state index contributed by atoms with van der Waals surface area (Å²) in [5.74, 6) is -1.91. The van der Waals surface area contributed by atoms with E-state index in [9.17, 15) is 32.9 Å². The molecule has 11 heteroatoms. The molecule has 2 aromatic rings. The van der Waals surface area contributed by atoms with Gasteiger partial charge < -0.3 is 14.8 Å². The van der Waals surface area contributed by atoms with Crippen LogP contribution < -0.4 is 10.1 Å². The highest BCUT2D eigenvalue weighted by atomic mass is 19.4. The van der Waals surface area contributed by atoms with Crippen molar-refractivity contribution in [1.29, 1.82) is 0 Å². The van der Waals surface area contributed by atoms with Crippen molar-refractivity contribution in [3.8, 4) is 5.75 Å². The monoisotopic (exact) mass is 412 g/mol. The van der Waals surface area contributed by atoms with E-state index in [0.717, 1.165) is 24.3 Å². The molecule has 154 valence electrons. The predicted molar refractivity (Wildman–Crippen MR) is 94.4 cm³/mol. The van der Waals surface area contributed by atoms with Crippen LogP contribution in [0.25, 0.3) is 0 Å². The number of benzene rings is 2. The van der Waals surface area contributed by atoms with Gasteiger partial charge in [0.25, 0.3) is 11.6 Å². The van der Waals surface area contributed by atoms with Gasteiger partial charge in [-0.15, -0.1) is 0 Å². The van der Waals surface area contributed by atoms with Crippen molar-refractivity contribution >= 4 is 23.3 Å². The standard InChI is InChI=1S/C18H15F3N2O6/c1-11-5-6-13(23(26)27)8-15(11)22-16(24)9-29-17(25)10-28-14-4-2-3-12(7-14)18(19,20)21/h2-8H,9-10H2,1H3,(H,22,24). The third-order valence-electron chi connectivity index (χ3n) is 3.59. The van der Waals surface area contributed by atoms with Gasteiger partial charge in [0.1, 0.15) is 5.75 Å². The highest BCUT2D eigenvalue weighted by Crippen LogP contribution is 2.31. The highest BCUT2D eigenvalue weighted by Gasteiger charge is 2.30. The van der Waals surface area contributed by atoms with Gasteiger partial charge in [-0.3, -0.25) is 14.9 Å². The normalized spacial score (nSPS) is 10.9. The predicted octanol–water partition coefficient (Wildman–Crippen LogP) is 3.48. The summed E-state index contributed by atoms with van der Waals surface area (Å²) in [6.45, 7) is 0.214. The number of esters is 1. The van der Waals surface area contributed by atoms with E-state index in [-0.39, 0.29) is 17.1 Å². The smallest absolute Gasteiger partial charge is 0.416 e. The fraction of sp³-hybridized carbons (Fsp3) is 0.222. The van der Waals surface area contributed by atoms with Crippen LogP contribution in [0.1, 0.15) is 11.1 Å². The Balaban J connectivity index is 1.84. The average Bonchev–Trinajstić information content (AvgIpc) is 2.66. The SMILES string of the molecule is Cc1ccc([N+](=O)[O-])cc1NC(=O)COC(=O)COc1cccc(C(F)(F)F)c1. The number of halogens is 3. The maximum atomic E-state index is 12.6. The van der Waals surface area contributed by atoms with E-state index in [2.05, 4.69) is 10.1 Å². The molecule has 0 unspecified atom stereocenters. The number of hydrogen-bond donors (Lipinski definition) is 1. The van der Waals surface area contributed by atoms with Crippen molar-refractivity contribution < 1.29 is 37.2 Å². The lowest BCUT2D eigenvalue weighted by atomic mass is 10.2. The van der Waals surface area contributed by atoms with E-state index in [4.69, 9.17) is 4.74 Å². The Labute approximate surface area is 162 Å². The van der Waals surface area contributed by atoms with Gasteiger partial charge in [0.2, 0.25) is 0 Å². The number of hydrogen-bond acceptors (Lipinski definition) is 6. The lowest BCUT2D eigenvalue weighted by Gasteiger charge is -2.11. The first-order valence-corrected chi connectivity index (χ1v) is 8.07. The van der Waals surface area contributed by atoms with Crippen molar-refractivity contribution in [1.82, 2.24) is 0 Å². The number of carbonyl (C=O) groups is 2. The van der Waals surface area contributed by atoms with Crippen molar-refractivity contribution in [3.05, 3.63) is 63.7 Å². The van der Waals surface area contributed by atoms with Crippen LogP contribution in [0.3, 0.4) is 0 Å². The minimum Gasteiger partial charge on any atom is -0.482 e. The maximum Gasteiger partial charge on any atom is 0.416 e. The molecule has 0 fully saturated rings. The molecule has 0 aliphatic heterocycles. The lowest BCUT2D eigenvalue weighted by molar-refractivity contribution is -0.384. The molecule has 0 bridgehead atoms. The molecule has 1 amide bonds. The Morgan fingerprint density at radius 3 is 2.52 bits per heavy atom. The van der Waals surface area contributed by atoms with Crippen LogP contribution in [0.5, 0.6) is 5.75 Å². The average molecular weight is 412 g/mol. The van der Waals surface area contributed by atoms with Crippen molar-refractivity contribution in [3.63, 3.8) is 0 Å². The van der Waals surface area contributed by atoms with Gasteiger partial charge in [0, 0.05) is 12.1 Å². The minimum absolute atomic E-state index is 0.181. The van der Waals surface area contributed by atoms with Crippen LogP contribution in [-0.4, -0.2) is 30.0 Å². The quantitative estimate of drug-likeness (QED) is 0.424. The number of nitrogens with one attached hydrogen (secondary N) is 1. The molecule has 2 aromatic carbocycles. The Morgan fingerprint density at radius 1 is 1.14 bits per heavy atom. The maximum absolute atomic E-state index is 12.6. The molecule has 8 nitrogen and oxygen atoms in total. The van der Waals surface area contributed by atoms with E-state index in [1.165, 1.54) is 18.2 Å². The van der Waals surface area contributed by atoms with E-state index >= 15 is 0 Å². The molecule has 0 aliphatic rings. The van der Waals surface area contributed by atoms with Gasteiger partial charge in [0.15, 0.2) is 13.2 Å². The number of alkyl halides is 3. The number of non-ortho nitro benzene ring substituents is 1. The molecule has 0 atom stereocenters. The van der Waals surface area contributed by atoms with E-state index in [1.807, 2.05) is 0 Å². The minimum atomic E-state index is -4.55. The van der Waals surface area contributed by atoms with Gasteiger partial charge in [-0.05, 0) is 30.7 Å². The number of ether oxygens (including phenoxy) is 2. The number of anilines is 1. The summed E-state index contributed by atoms with van der Waals surface area (Å²) in [6, 6.07) is 7.82. The summed E-state index contributed by atoms with van der Waals surface area (Å²) >= 11 is 0. The van der Waals surface area contributed by atoms with Crippen LogP contribution in [0.2, 0.25) is 0 Å². The molecular formula is C18H15F3N2O6. The summed E-state index contributed by atoms with van der Waals surface area (Å²) in [4.78, 5) is 33.6. The Kier molecular flexibility index (Phi) is 6.75. The molecule has 0 saturated heterocycles. The van der Waals surface area contributed by atoms with Crippen LogP contribution in [0, 0.1) is 17.0 Å². The number of nitro groups is 1. The molecule has 0 aromatic heterocycles. The first-order valence-electron chi connectivity index (χ1n) is 8.07. The van der Waals surface area contributed by atoms with Crippen LogP contribution in [0.4, 0.5) is 24.5 Å². The van der Waals surface area contributed by atoms with Gasteiger partial charge >= 0.3 is 12.1 Å². The van der Waals surface area contributed by atoms with Gasteiger partial charge in [0.05, 0.1) is 16.2 Å². The second kappa shape index (κ2) is 9.04. The van der Waals surface area contributed by atoms with E-state index in [1.54, 1.807) is 6.92 Å². The molecule has 1 N–H and O–H groups in total.